The summed E-state index contributed by atoms with van der Waals surface area (Å²) in [6.45, 7) is 3.00. The van der Waals surface area contributed by atoms with Crippen molar-refractivity contribution in [3.8, 4) is 11.8 Å². The number of ether oxygens (including phenoxy) is 1. The largest absolute Gasteiger partial charge is 0.395 e. The van der Waals surface area contributed by atoms with Gasteiger partial charge in [-0.3, -0.25) is 4.90 Å². The van der Waals surface area contributed by atoms with Crippen LogP contribution in [0.2, 0.25) is 0 Å². The molecule has 18 heavy (non-hydrogen) atoms. The van der Waals surface area contributed by atoms with Crippen molar-refractivity contribution in [3.63, 3.8) is 0 Å². The van der Waals surface area contributed by atoms with Gasteiger partial charge in [0.25, 0.3) is 0 Å². The minimum Gasteiger partial charge on any atom is -0.395 e. The molecule has 0 saturated carbocycles. The van der Waals surface area contributed by atoms with Gasteiger partial charge in [-0.25, -0.2) is 0 Å². The van der Waals surface area contributed by atoms with Gasteiger partial charge in [0.15, 0.2) is 0 Å². The Morgan fingerprint density at radius 3 is 3.11 bits per heavy atom. The van der Waals surface area contributed by atoms with Gasteiger partial charge in [-0.05, 0) is 12.1 Å². The maximum atomic E-state index is 9.29. The van der Waals surface area contributed by atoms with Gasteiger partial charge in [0.05, 0.1) is 30.7 Å². The summed E-state index contributed by atoms with van der Waals surface area (Å²) < 4.78 is 5.35. The van der Waals surface area contributed by atoms with Gasteiger partial charge < -0.3 is 14.9 Å². The van der Waals surface area contributed by atoms with E-state index in [0.717, 1.165) is 24.6 Å². The smallest absolute Gasteiger partial charge is 0.104 e. The maximum Gasteiger partial charge on any atom is 0.104 e. The number of thiophene rings is 1. The Morgan fingerprint density at radius 1 is 1.44 bits per heavy atom. The highest BCUT2D eigenvalue weighted by Gasteiger charge is 2.22. The molecule has 4 nitrogen and oxygen atoms in total. The van der Waals surface area contributed by atoms with E-state index in [2.05, 4.69) is 22.8 Å². The van der Waals surface area contributed by atoms with Gasteiger partial charge in [0, 0.05) is 18.0 Å². The monoisotopic (exact) mass is 267 g/mol. The Hall–Kier alpha value is -0.900. The zero-order valence-electron chi connectivity index (χ0n) is 10.1. The van der Waals surface area contributed by atoms with Crippen LogP contribution in [0, 0.1) is 11.8 Å². The fourth-order valence-corrected chi connectivity index (χ4v) is 2.83. The molecule has 0 aromatic carbocycles. The van der Waals surface area contributed by atoms with E-state index in [1.807, 2.05) is 6.07 Å². The molecule has 1 aromatic rings. The Morgan fingerprint density at radius 2 is 2.33 bits per heavy atom. The first-order valence-electron chi connectivity index (χ1n) is 5.94. The lowest BCUT2D eigenvalue weighted by atomic mass is 10.2. The van der Waals surface area contributed by atoms with Crippen LogP contribution in [0.3, 0.4) is 0 Å². The quantitative estimate of drug-likeness (QED) is 0.773. The summed E-state index contributed by atoms with van der Waals surface area (Å²) in [5.74, 6) is 5.55. The van der Waals surface area contributed by atoms with Crippen LogP contribution in [0.15, 0.2) is 12.1 Å². The van der Waals surface area contributed by atoms with Crippen molar-refractivity contribution in [2.24, 2.45) is 0 Å². The summed E-state index contributed by atoms with van der Waals surface area (Å²) >= 11 is 1.63. The fourth-order valence-electron chi connectivity index (χ4n) is 1.92. The lowest BCUT2D eigenvalue weighted by molar-refractivity contribution is -0.0308. The van der Waals surface area contributed by atoms with E-state index >= 15 is 0 Å². The second-order valence-corrected chi connectivity index (χ2v) is 5.28. The predicted molar refractivity (Wildman–Crippen MR) is 70.4 cm³/mol. The Labute approximate surface area is 111 Å². The summed E-state index contributed by atoms with van der Waals surface area (Å²) in [4.78, 5) is 4.42. The molecule has 1 unspecified atom stereocenters. The molecule has 0 amide bonds. The first kappa shape index (κ1) is 13.5. The van der Waals surface area contributed by atoms with Gasteiger partial charge in [-0.2, -0.15) is 0 Å². The third-order valence-electron chi connectivity index (χ3n) is 2.87. The minimum absolute atomic E-state index is 0.0906. The molecule has 98 valence electrons. The van der Waals surface area contributed by atoms with Gasteiger partial charge in [0.1, 0.15) is 6.61 Å². The molecule has 0 radical (unpaired) electrons. The summed E-state index contributed by atoms with van der Waals surface area (Å²) in [6.07, 6.45) is 0. The van der Waals surface area contributed by atoms with E-state index in [0.29, 0.717) is 6.61 Å². The van der Waals surface area contributed by atoms with E-state index in [9.17, 15) is 5.11 Å². The van der Waals surface area contributed by atoms with Crippen molar-refractivity contribution in [2.75, 3.05) is 33.0 Å². The number of rotatable bonds is 3. The van der Waals surface area contributed by atoms with E-state index in [1.165, 1.54) is 4.88 Å². The van der Waals surface area contributed by atoms with E-state index in [1.54, 1.807) is 11.3 Å². The molecule has 1 aliphatic rings. The van der Waals surface area contributed by atoms with Crippen LogP contribution in [-0.2, 0) is 11.3 Å². The first-order valence-corrected chi connectivity index (χ1v) is 6.76. The van der Waals surface area contributed by atoms with Crippen LogP contribution < -0.4 is 0 Å². The Bertz CT molecular complexity index is 435. The fraction of sp³-hybridized carbons (Fsp3) is 0.538. The van der Waals surface area contributed by atoms with Crippen LogP contribution >= 0.6 is 11.3 Å². The summed E-state index contributed by atoms with van der Waals surface area (Å²) in [7, 11) is 0. The van der Waals surface area contributed by atoms with Crippen LogP contribution in [0.25, 0.3) is 0 Å². The van der Waals surface area contributed by atoms with E-state index in [-0.39, 0.29) is 19.3 Å². The molecule has 1 atom stereocenters. The lowest BCUT2D eigenvalue weighted by Gasteiger charge is -2.33. The number of aliphatic hydroxyl groups is 2. The van der Waals surface area contributed by atoms with Crippen LogP contribution in [-0.4, -0.2) is 54.1 Å². The van der Waals surface area contributed by atoms with E-state index in [4.69, 9.17) is 9.84 Å². The van der Waals surface area contributed by atoms with Gasteiger partial charge >= 0.3 is 0 Å². The molecule has 2 heterocycles. The van der Waals surface area contributed by atoms with Crippen molar-refractivity contribution < 1.29 is 14.9 Å². The van der Waals surface area contributed by atoms with Crippen molar-refractivity contribution in [1.82, 2.24) is 4.90 Å². The second kappa shape index (κ2) is 6.88. The second-order valence-electron chi connectivity index (χ2n) is 4.11. The number of nitrogens with zero attached hydrogens (tertiary/aromatic N) is 1. The highest BCUT2D eigenvalue weighted by molar-refractivity contribution is 7.12. The topological polar surface area (TPSA) is 52.9 Å². The zero-order valence-corrected chi connectivity index (χ0v) is 10.9. The van der Waals surface area contributed by atoms with Crippen LogP contribution in [0.5, 0.6) is 0 Å². The number of aliphatic hydroxyl groups excluding tert-OH is 2. The summed E-state index contributed by atoms with van der Waals surface area (Å²) in [5, 5.41) is 17.9. The van der Waals surface area contributed by atoms with Crippen molar-refractivity contribution in [2.45, 2.75) is 12.6 Å². The third kappa shape index (κ3) is 3.55. The van der Waals surface area contributed by atoms with Gasteiger partial charge in [0.2, 0.25) is 0 Å². The molecule has 2 N–H and O–H groups in total. The predicted octanol–water partition coefficient (Wildman–Crippen LogP) is 0.285. The van der Waals surface area contributed by atoms with Gasteiger partial charge in [-0.15, -0.1) is 11.3 Å². The molecule has 0 bridgehead atoms. The van der Waals surface area contributed by atoms with Crippen molar-refractivity contribution in [1.29, 1.82) is 0 Å². The summed E-state index contributed by atoms with van der Waals surface area (Å²) in [5.41, 5.74) is 0. The molecular formula is C13H17NO3S. The molecule has 2 rings (SSSR count). The van der Waals surface area contributed by atoms with Crippen molar-refractivity contribution >= 4 is 11.3 Å². The molecule has 1 fully saturated rings. The molecular weight excluding hydrogens is 250 g/mol. The zero-order chi connectivity index (χ0) is 12.8. The molecule has 1 saturated heterocycles. The molecule has 1 aromatic heterocycles. The molecule has 0 spiro atoms. The van der Waals surface area contributed by atoms with Gasteiger partial charge in [-0.1, -0.05) is 11.8 Å². The Kier molecular flexibility index (Phi) is 5.17. The normalized spacial score (nSPS) is 20.4. The molecule has 1 aliphatic heterocycles. The van der Waals surface area contributed by atoms with Crippen molar-refractivity contribution in [3.05, 3.63) is 21.9 Å². The highest BCUT2D eigenvalue weighted by atomic mass is 32.1. The number of morpholine rings is 1. The number of hydrogen-bond donors (Lipinski definition) is 2. The summed E-state index contributed by atoms with van der Waals surface area (Å²) in [6, 6.07) is 4.11. The first-order chi connectivity index (χ1) is 8.83. The molecule has 5 heteroatoms. The maximum absolute atomic E-state index is 9.29. The average molecular weight is 267 g/mol. The van der Waals surface area contributed by atoms with Crippen LogP contribution in [0.4, 0.5) is 0 Å². The third-order valence-corrected chi connectivity index (χ3v) is 3.86. The highest BCUT2D eigenvalue weighted by Crippen LogP contribution is 2.19. The molecule has 0 aliphatic carbocycles. The Balaban J connectivity index is 1.97. The number of hydrogen-bond acceptors (Lipinski definition) is 5. The standard InChI is InChI=1S/C13H17NO3S/c15-6-1-2-12-3-4-13(18-12)8-14-5-7-17-10-11(14)9-16/h3-4,11,15-16H,5-10H2. The lowest BCUT2D eigenvalue weighted by Crippen LogP contribution is -2.46. The SMILES string of the molecule is OCC#Cc1ccc(CN2CCOCC2CO)s1. The average Bonchev–Trinajstić information content (AvgIpc) is 2.84. The van der Waals surface area contributed by atoms with E-state index < -0.39 is 0 Å². The van der Waals surface area contributed by atoms with Crippen LogP contribution in [0.1, 0.15) is 9.75 Å². The minimum atomic E-state index is -0.108.